The Kier molecular flexibility index (Phi) is 6.83. The zero-order valence-electron chi connectivity index (χ0n) is 17.6. The highest BCUT2D eigenvalue weighted by molar-refractivity contribution is 7.89. The summed E-state index contributed by atoms with van der Waals surface area (Å²) < 4.78 is 28.4. The summed E-state index contributed by atoms with van der Waals surface area (Å²) in [6, 6.07) is 12.2. The van der Waals surface area contributed by atoms with E-state index in [9.17, 15) is 18.0 Å². The molecule has 0 spiro atoms. The third-order valence-electron chi connectivity index (χ3n) is 5.78. The molecule has 2 aliphatic rings. The fourth-order valence-corrected chi connectivity index (χ4v) is 5.50. The molecule has 1 heterocycles. The van der Waals surface area contributed by atoms with Crippen LogP contribution in [0.1, 0.15) is 37.7 Å². The molecule has 0 aromatic heterocycles. The maximum atomic E-state index is 13.5. The summed E-state index contributed by atoms with van der Waals surface area (Å²) in [5.74, 6) is -0.170. The fourth-order valence-electron chi connectivity index (χ4n) is 3.77. The number of benzene rings is 2. The molecule has 7 nitrogen and oxygen atoms in total. The number of halogens is 1. The number of nitrogens with one attached hydrogen (secondary N) is 2. The lowest BCUT2D eigenvalue weighted by molar-refractivity contribution is -0.124. The number of carbonyl (C=O) groups is 2. The van der Waals surface area contributed by atoms with Crippen LogP contribution < -0.4 is 10.6 Å². The molecule has 4 rings (SSSR count). The second-order valence-corrected chi connectivity index (χ2v) is 10.6. The monoisotopic (exact) mass is 475 g/mol. The molecular formula is C23H26ClN3O4S. The van der Waals surface area contributed by atoms with Gasteiger partial charge in [-0.05, 0) is 74.1 Å². The second-order valence-electron chi connectivity index (χ2n) is 8.27. The molecule has 2 N–H and O–H groups in total. The first-order chi connectivity index (χ1) is 15.3. The van der Waals surface area contributed by atoms with Crippen molar-refractivity contribution < 1.29 is 18.0 Å². The van der Waals surface area contributed by atoms with Gasteiger partial charge in [-0.15, -0.1) is 0 Å². The highest BCUT2D eigenvalue weighted by Crippen LogP contribution is 2.30. The van der Waals surface area contributed by atoms with Gasteiger partial charge in [0.15, 0.2) is 0 Å². The summed E-state index contributed by atoms with van der Waals surface area (Å²) in [5.41, 5.74) is 1.40. The first-order valence-electron chi connectivity index (χ1n) is 10.8. The highest BCUT2D eigenvalue weighted by atomic mass is 35.5. The maximum Gasteiger partial charge on any atom is 0.244 e. The standard InChI is InChI=1S/C23H26ClN3O4S/c24-18-8-12-20(13-9-18)32(30,31)27(21-3-1-2-14-25-23(21)29)15-16-4-10-19(11-5-16)26-22(28)17-6-7-17/h4-5,8-13,17,21H,1-3,6-7,14-15H2,(H,25,29)(H,26,28)/t21-/m1/s1. The van der Waals surface area contributed by atoms with Crippen LogP contribution in [-0.2, 0) is 26.2 Å². The van der Waals surface area contributed by atoms with Crippen molar-refractivity contribution >= 4 is 39.1 Å². The molecule has 1 saturated carbocycles. The van der Waals surface area contributed by atoms with Crippen molar-refractivity contribution in [3.63, 3.8) is 0 Å². The number of hydrogen-bond acceptors (Lipinski definition) is 4. The number of hydrogen-bond donors (Lipinski definition) is 2. The summed E-state index contributed by atoms with van der Waals surface area (Å²) in [5, 5.41) is 6.14. The maximum absolute atomic E-state index is 13.5. The number of nitrogens with zero attached hydrogens (tertiary/aromatic N) is 1. The van der Waals surface area contributed by atoms with Gasteiger partial charge in [0, 0.05) is 29.7 Å². The number of sulfonamides is 1. The van der Waals surface area contributed by atoms with Gasteiger partial charge in [0.25, 0.3) is 0 Å². The van der Waals surface area contributed by atoms with E-state index in [0.29, 0.717) is 23.7 Å². The Balaban J connectivity index is 1.60. The molecule has 32 heavy (non-hydrogen) atoms. The minimum Gasteiger partial charge on any atom is -0.355 e. The third kappa shape index (κ3) is 5.31. The molecule has 0 bridgehead atoms. The van der Waals surface area contributed by atoms with E-state index in [0.717, 1.165) is 31.2 Å². The quantitative estimate of drug-likeness (QED) is 0.640. The lowest BCUT2D eigenvalue weighted by atomic mass is 10.1. The molecule has 1 aliphatic carbocycles. The van der Waals surface area contributed by atoms with Gasteiger partial charge in [0.05, 0.1) is 4.90 Å². The van der Waals surface area contributed by atoms with Crippen molar-refractivity contribution in [1.82, 2.24) is 9.62 Å². The van der Waals surface area contributed by atoms with Gasteiger partial charge in [-0.25, -0.2) is 8.42 Å². The lowest BCUT2D eigenvalue weighted by Crippen LogP contribution is -2.48. The first-order valence-corrected chi connectivity index (χ1v) is 12.6. The zero-order chi connectivity index (χ0) is 22.7. The highest BCUT2D eigenvalue weighted by Gasteiger charge is 2.36. The molecule has 2 aromatic carbocycles. The molecule has 2 aromatic rings. The molecule has 0 unspecified atom stereocenters. The summed E-state index contributed by atoms with van der Waals surface area (Å²) in [7, 11) is -3.95. The average Bonchev–Trinajstić information content (AvgIpc) is 3.62. The van der Waals surface area contributed by atoms with Gasteiger partial charge in [-0.3, -0.25) is 9.59 Å². The molecule has 1 aliphatic heterocycles. The molecule has 2 amide bonds. The van der Waals surface area contributed by atoms with Gasteiger partial charge < -0.3 is 10.6 Å². The van der Waals surface area contributed by atoms with Gasteiger partial charge in [-0.1, -0.05) is 23.7 Å². The van der Waals surface area contributed by atoms with Gasteiger partial charge in [0.2, 0.25) is 21.8 Å². The van der Waals surface area contributed by atoms with E-state index in [-0.39, 0.29) is 29.2 Å². The Labute approximate surface area is 193 Å². The second kappa shape index (κ2) is 9.60. The Morgan fingerprint density at radius 3 is 2.38 bits per heavy atom. The predicted octanol–water partition coefficient (Wildman–Crippen LogP) is 3.55. The van der Waals surface area contributed by atoms with E-state index in [1.54, 1.807) is 24.3 Å². The van der Waals surface area contributed by atoms with Crippen LogP contribution in [0, 0.1) is 5.92 Å². The summed E-state index contributed by atoms with van der Waals surface area (Å²) in [4.78, 5) is 24.8. The Bertz CT molecular complexity index is 1080. The smallest absolute Gasteiger partial charge is 0.244 e. The third-order valence-corrected chi connectivity index (χ3v) is 7.90. The van der Waals surface area contributed by atoms with Crippen molar-refractivity contribution in [1.29, 1.82) is 0 Å². The summed E-state index contributed by atoms with van der Waals surface area (Å²) in [6.45, 7) is 0.583. The van der Waals surface area contributed by atoms with Crippen LogP contribution >= 0.6 is 11.6 Å². The van der Waals surface area contributed by atoms with Crippen LogP contribution in [0.25, 0.3) is 0 Å². The number of amides is 2. The molecule has 9 heteroatoms. The fraction of sp³-hybridized carbons (Fsp3) is 0.391. The van der Waals surface area contributed by atoms with Crippen LogP contribution in [0.15, 0.2) is 53.4 Å². The van der Waals surface area contributed by atoms with E-state index >= 15 is 0 Å². The summed E-state index contributed by atoms with van der Waals surface area (Å²) in [6.07, 6.45) is 3.86. The van der Waals surface area contributed by atoms with E-state index in [2.05, 4.69) is 10.6 Å². The number of anilines is 1. The van der Waals surface area contributed by atoms with Gasteiger partial charge >= 0.3 is 0 Å². The van der Waals surface area contributed by atoms with Crippen molar-refractivity contribution in [2.24, 2.45) is 5.92 Å². The SMILES string of the molecule is O=C(Nc1ccc(CN([C@@H]2CCCCNC2=O)S(=O)(=O)c2ccc(Cl)cc2)cc1)C1CC1. The average molecular weight is 476 g/mol. The minimum absolute atomic E-state index is 0.0137. The van der Waals surface area contributed by atoms with E-state index in [1.807, 2.05) is 0 Å². The largest absolute Gasteiger partial charge is 0.355 e. The van der Waals surface area contributed by atoms with Crippen molar-refractivity contribution in [2.45, 2.75) is 49.6 Å². The molecule has 1 atom stereocenters. The van der Waals surface area contributed by atoms with Crippen molar-refractivity contribution in [3.8, 4) is 0 Å². The molecular weight excluding hydrogens is 450 g/mol. The zero-order valence-corrected chi connectivity index (χ0v) is 19.2. The van der Waals surface area contributed by atoms with Gasteiger partial charge in [0.1, 0.15) is 6.04 Å². The normalized spacial score (nSPS) is 19.3. The number of carbonyl (C=O) groups excluding carboxylic acids is 2. The topological polar surface area (TPSA) is 95.6 Å². The van der Waals surface area contributed by atoms with Crippen LogP contribution in [0.2, 0.25) is 5.02 Å². The van der Waals surface area contributed by atoms with E-state index in [1.165, 1.54) is 28.6 Å². The van der Waals surface area contributed by atoms with Crippen LogP contribution in [0.3, 0.4) is 0 Å². The van der Waals surface area contributed by atoms with Crippen molar-refractivity contribution in [3.05, 3.63) is 59.1 Å². The van der Waals surface area contributed by atoms with Crippen LogP contribution in [-0.4, -0.2) is 37.1 Å². The summed E-state index contributed by atoms with van der Waals surface area (Å²) >= 11 is 5.94. The number of rotatable bonds is 7. The molecule has 0 radical (unpaired) electrons. The Hall–Kier alpha value is -2.42. The lowest BCUT2D eigenvalue weighted by Gasteiger charge is -2.29. The van der Waals surface area contributed by atoms with E-state index < -0.39 is 16.1 Å². The van der Waals surface area contributed by atoms with Crippen LogP contribution in [0.5, 0.6) is 0 Å². The Morgan fingerprint density at radius 2 is 1.72 bits per heavy atom. The van der Waals surface area contributed by atoms with Gasteiger partial charge in [-0.2, -0.15) is 4.31 Å². The molecule has 1 saturated heterocycles. The molecule has 170 valence electrons. The van der Waals surface area contributed by atoms with Crippen LogP contribution in [0.4, 0.5) is 5.69 Å². The minimum atomic E-state index is -3.95. The van der Waals surface area contributed by atoms with Crippen molar-refractivity contribution in [2.75, 3.05) is 11.9 Å². The Morgan fingerprint density at radius 1 is 1.03 bits per heavy atom. The molecule has 2 fully saturated rings. The first kappa shape index (κ1) is 22.8. The van der Waals surface area contributed by atoms with E-state index in [4.69, 9.17) is 11.6 Å². The predicted molar refractivity (Wildman–Crippen MR) is 123 cm³/mol.